The van der Waals surface area contributed by atoms with Crippen LogP contribution in [0.2, 0.25) is 0 Å². The Morgan fingerprint density at radius 3 is 2.32 bits per heavy atom. The van der Waals surface area contributed by atoms with Crippen LogP contribution in [0.4, 0.5) is 10.5 Å². The first-order valence-corrected chi connectivity index (χ1v) is 7.36. The van der Waals surface area contributed by atoms with E-state index in [1.54, 1.807) is 24.3 Å². The molecule has 2 aliphatic heterocycles. The molecule has 2 heterocycles. The summed E-state index contributed by atoms with van der Waals surface area (Å²) in [4.78, 5) is 38.6. The summed E-state index contributed by atoms with van der Waals surface area (Å²) >= 11 is 0. The van der Waals surface area contributed by atoms with Crippen LogP contribution in [0.25, 0.3) is 0 Å². The second-order valence-corrected chi connectivity index (χ2v) is 5.34. The lowest BCUT2D eigenvalue weighted by Gasteiger charge is -2.28. The predicted octanol–water partition coefficient (Wildman–Crippen LogP) is 0.178. The summed E-state index contributed by atoms with van der Waals surface area (Å²) in [7, 11) is 0. The van der Waals surface area contributed by atoms with Gasteiger partial charge in [-0.2, -0.15) is 0 Å². The van der Waals surface area contributed by atoms with Gasteiger partial charge in [0.2, 0.25) is 5.91 Å². The van der Waals surface area contributed by atoms with Crippen LogP contribution in [0.15, 0.2) is 24.3 Å². The monoisotopic (exact) mass is 302 g/mol. The molecular weight excluding hydrogens is 284 g/mol. The lowest BCUT2D eigenvalue weighted by molar-refractivity contribution is -0.120. The van der Waals surface area contributed by atoms with Crippen LogP contribution >= 0.6 is 0 Å². The summed E-state index contributed by atoms with van der Waals surface area (Å²) in [5.74, 6) is -0.252. The van der Waals surface area contributed by atoms with E-state index >= 15 is 0 Å². The number of nitrogens with one attached hydrogen (secondary N) is 2. The van der Waals surface area contributed by atoms with E-state index in [1.807, 2.05) is 4.90 Å². The minimum absolute atomic E-state index is 0.00586. The maximum Gasteiger partial charge on any atom is 0.328 e. The first-order chi connectivity index (χ1) is 10.6. The van der Waals surface area contributed by atoms with Gasteiger partial charge in [0.05, 0.1) is 0 Å². The molecule has 1 aromatic rings. The van der Waals surface area contributed by atoms with Gasteiger partial charge in [-0.05, 0) is 24.3 Å². The molecule has 0 aliphatic carbocycles. The Balaban J connectivity index is 1.71. The molecule has 116 valence electrons. The van der Waals surface area contributed by atoms with Crippen LogP contribution < -0.4 is 15.5 Å². The Morgan fingerprint density at radius 1 is 1.00 bits per heavy atom. The number of carbonyl (C=O) groups is 3. The minimum Gasteiger partial charge on any atom is -0.336 e. The molecule has 1 aromatic carbocycles. The third-order valence-corrected chi connectivity index (χ3v) is 3.88. The Bertz CT molecular complexity index is 593. The van der Waals surface area contributed by atoms with Gasteiger partial charge in [0.1, 0.15) is 0 Å². The molecule has 2 N–H and O–H groups in total. The summed E-state index contributed by atoms with van der Waals surface area (Å²) in [6.45, 7) is 3.39. The van der Waals surface area contributed by atoms with Crippen LogP contribution in [0.1, 0.15) is 16.8 Å². The quantitative estimate of drug-likeness (QED) is 0.816. The van der Waals surface area contributed by atoms with E-state index in [-0.39, 0.29) is 18.2 Å². The van der Waals surface area contributed by atoms with Gasteiger partial charge in [-0.25, -0.2) is 4.79 Å². The van der Waals surface area contributed by atoms with E-state index < -0.39 is 6.03 Å². The number of amides is 4. The standard InChI is InChI=1S/C15H18N4O3/c20-13-5-8-19(15(22)17-13)12-3-1-11(2-4-12)14(21)18-9-6-16-7-10-18/h1-4,16H,5-10H2,(H,17,20,22). The van der Waals surface area contributed by atoms with Gasteiger partial charge >= 0.3 is 6.03 Å². The predicted molar refractivity (Wildman–Crippen MR) is 80.7 cm³/mol. The second kappa shape index (κ2) is 6.15. The number of nitrogens with zero attached hydrogens (tertiary/aromatic N) is 2. The first kappa shape index (κ1) is 14.5. The molecule has 0 radical (unpaired) electrons. The van der Waals surface area contributed by atoms with Crippen LogP contribution in [-0.4, -0.2) is 55.5 Å². The Labute approximate surface area is 128 Å². The number of piperazine rings is 1. The van der Waals surface area contributed by atoms with E-state index in [0.29, 0.717) is 30.9 Å². The average Bonchev–Trinajstić information content (AvgIpc) is 2.55. The number of benzene rings is 1. The van der Waals surface area contributed by atoms with E-state index in [2.05, 4.69) is 10.6 Å². The van der Waals surface area contributed by atoms with Crippen molar-refractivity contribution in [3.05, 3.63) is 29.8 Å². The van der Waals surface area contributed by atoms with Crippen molar-refractivity contribution >= 4 is 23.5 Å². The van der Waals surface area contributed by atoms with Gasteiger partial charge < -0.3 is 10.2 Å². The van der Waals surface area contributed by atoms with Crippen molar-refractivity contribution in [2.45, 2.75) is 6.42 Å². The highest BCUT2D eigenvalue weighted by Gasteiger charge is 2.24. The van der Waals surface area contributed by atoms with Crippen LogP contribution in [0.5, 0.6) is 0 Å². The largest absolute Gasteiger partial charge is 0.336 e. The van der Waals surface area contributed by atoms with Gasteiger partial charge in [-0.15, -0.1) is 0 Å². The van der Waals surface area contributed by atoms with Crippen molar-refractivity contribution < 1.29 is 14.4 Å². The van der Waals surface area contributed by atoms with Crippen LogP contribution in [-0.2, 0) is 4.79 Å². The van der Waals surface area contributed by atoms with Crippen molar-refractivity contribution in [1.29, 1.82) is 0 Å². The Kier molecular flexibility index (Phi) is 4.06. The van der Waals surface area contributed by atoms with Gasteiger partial charge in [0.25, 0.3) is 5.91 Å². The summed E-state index contributed by atoms with van der Waals surface area (Å²) in [5.41, 5.74) is 1.29. The topological polar surface area (TPSA) is 81.8 Å². The van der Waals surface area contributed by atoms with Gasteiger partial charge in [-0.1, -0.05) is 0 Å². The number of hydrogen-bond donors (Lipinski definition) is 2. The molecule has 7 nitrogen and oxygen atoms in total. The molecule has 0 saturated carbocycles. The number of rotatable bonds is 2. The zero-order chi connectivity index (χ0) is 15.5. The van der Waals surface area contributed by atoms with E-state index in [4.69, 9.17) is 0 Å². The van der Waals surface area contributed by atoms with Crippen molar-refractivity contribution in [3.8, 4) is 0 Å². The highest BCUT2D eigenvalue weighted by Crippen LogP contribution is 2.18. The third-order valence-electron chi connectivity index (χ3n) is 3.88. The number of anilines is 1. The fourth-order valence-electron chi connectivity index (χ4n) is 2.64. The summed E-state index contributed by atoms with van der Waals surface area (Å²) < 4.78 is 0. The number of urea groups is 1. The molecular formula is C15H18N4O3. The van der Waals surface area contributed by atoms with Crippen molar-refractivity contribution in [3.63, 3.8) is 0 Å². The lowest BCUT2D eigenvalue weighted by Crippen LogP contribution is -2.49. The molecule has 0 bridgehead atoms. The maximum atomic E-state index is 12.4. The van der Waals surface area contributed by atoms with Crippen molar-refractivity contribution in [2.75, 3.05) is 37.6 Å². The second-order valence-electron chi connectivity index (χ2n) is 5.34. The van der Waals surface area contributed by atoms with E-state index in [1.165, 1.54) is 4.90 Å². The first-order valence-electron chi connectivity index (χ1n) is 7.36. The minimum atomic E-state index is -0.419. The van der Waals surface area contributed by atoms with Gasteiger partial charge in [0.15, 0.2) is 0 Å². The van der Waals surface area contributed by atoms with Crippen molar-refractivity contribution in [2.24, 2.45) is 0 Å². The Hall–Kier alpha value is -2.41. The molecule has 22 heavy (non-hydrogen) atoms. The maximum absolute atomic E-state index is 12.4. The highest BCUT2D eigenvalue weighted by atomic mass is 16.2. The molecule has 7 heteroatoms. The van der Waals surface area contributed by atoms with Gasteiger partial charge in [0, 0.05) is 50.4 Å². The fourth-order valence-corrected chi connectivity index (χ4v) is 2.64. The summed E-state index contributed by atoms with van der Waals surface area (Å²) in [6, 6.07) is 6.51. The van der Waals surface area contributed by atoms with Gasteiger partial charge in [-0.3, -0.25) is 19.8 Å². The molecule has 2 aliphatic rings. The molecule has 2 saturated heterocycles. The summed E-state index contributed by atoms with van der Waals surface area (Å²) in [6.07, 6.45) is 0.285. The highest BCUT2D eigenvalue weighted by molar-refractivity contribution is 6.05. The molecule has 4 amide bonds. The van der Waals surface area contributed by atoms with E-state index in [0.717, 1.165) is 13.1 Å². The molecule has 0 unspecified atom stereocenters. The van der Waals surface area contributed by atoms with E-state index in [9.17, 15) is 14.4 Å². The zero-order valence-electron chi connectivity index (χ0n) is 12.2. The molecule has 0 atom stereocenters. The Morgan fingerprint density at radius 2 is 1.68 bits per heavy atom. The fraction of sp³-hybridized carbons (Fsp3) is 0.400. The SMILES string of the molecule is O=C1CCN(c2ccc(C(=O)N3CCNCC3)cc2)C(=O)N1. The lowest BCUT2D eigenvalue weighted by atomic mass is 10.1. The van der Waals surface area contributed by atoms with Crippen molar-refractivity contribution in [1.82, 2.24) is 15.5 Å². The zero-order valence-corrected chi connectivity index (χ0v) is 12.2. The number of carbonyl (C=O) groups excluding carboxylic acids is 3. The molecule has 2 fully saturated rings. The average molecular weight is 302 g/mol. The van der Waals surface area contributed by atoms with Crippen LogP contribution in [0.3, 0.4) is 0 Å². The smallest absolute Gasteiger partial charge is 0.328 e. The molecule has 0 spiro atoms. The molecule has 3 rings (SSSR count). The normalized spacial score (nSPS) is 19.1. The summed E-state index contributed by atoms with van der Waals surface area (Å²) in [5, 5.41) is 5.49. The third kappa shape index (κ3) is 2.94. The molecule has 0 aromatic heterocycles. The number of imide groups is 1. The van der Waals surface area contributed by atoms with Crippen LogP contribution in [0, 0.1) is 0 Å². The number of hydrogen-bond acceptors (Lipinski definition) is 4.